The van der Waals surface area contributed by atoms with Crippen LogP contribution in [0.1, 0.15) is 26.3 Å². The van der Waals surface area contributed by atoms with Crippen molar-refractivity contribution >= 4 is 45.5 Å². The van der Waals surface area contributed by atoms with E-state index >= 15 is 0 Å². The first kappa shape index (κ1) is 24.5. The molecule has 3 aromatic rings. The van der Waals surface area contributed by atoms with Crippen molar-refractivity contribution in [2.45, 2.75) is 30.2 Å². The minimum absolute atomic E-state index is 0.00536. The van der Waals surface area contributed by atoms with E-state index in [1.807, 2.05) is 24.3 Å². The van der Waals surface area contributed by atoms with Crippen LogP contribution in [-0.2, 0) is 4.79 Å². The molecule has 0 spiro atoms. The SMILES string of the molecule is COc1ccc(-c2nc(N/C(C(=O)O)=C(\C(C)=N)c3cccc(F)c3)sc2SC(C)C)cc1. The van der Waals surface area contributed by atoms with Gasteiger partial charge in [0.15, 0.2) is 5.13 Å². The summed E-state index contributed by atoms with van der Waals surface area (Å²) in [5, 5.41) is 21.6. The van der Waals surface area contributed by atoms with Gasteiger partial charge in [0.2, 0.25) is 0 Å². The first-order valence-electron chi connectivity index (χ1n) is 10.1. The Kier molecular flexibility index (Phi) is 7.88. The van der Waals surface area contributed by atoms with Crippen LogP contribution in [0, 0.1) is 11.2 Å². The van der Waals surface area contributed by atoms with E-state index < -0.39 is 11.8 Å². The van der Waals surface area contributed by atoms with Crippen molar-refractivity contribution in [3.05, 3.63) is 65.6 Å². The number of hydrogen-bond donors (Lipinski definition) is 3. The molecular formula is C24H24FN3O3S2. The first-order chi connectivity index (χ1) is 15.7. The molecule has 0 amide bonds. The quantitative estimate of drug-likeness (QED) is 0.184. The molecule has 0 aliphatic carbocycles. The van der Waals surface area contributed by atoms with Gasteiger partial charge in [0, 0.05) is 22.1 Å². The number of halogens is 1. The second-order valence-corrected chi connectivity index (χ2v) is 10.2. The van der Waals surface area contributed by atoms with Gasteiger partial charge in [0.1, 0.15) is 17.3 Å². The zero-order chi connectivity index (χ0) is 24.1. The van der Waals surface area contributed by atoms with Crippen LogP contribution in [0.25, 0.3) is 16.8 Å². The fourth-order valence-corrected chi connectivity index (χ4v) is 5.54. The number of ether oxygens (including phenoxy) is 1. The summed E-state index contributed by atoms with van der Waals surface area (Å²) in [6, 6.07) is 13.0. The molecule has 0 saturated heterocycles. The van der Waals surface area contributed by atoms with Crippen molar-refractivity contribution in [1.29, 1.82) is 5.41 Å². The monoisotopic (exact) mass is 485 g/mol. The molecule has 3 N–H and O–H groups in total. The number of aromatic nitrogens is 1. The number of carboxylic acid groups (broad SMARTS) is 1. The van der Waals surface area contributed by atoms with E-state index in [1.165, 1.54) is 36.5 Å². The smallest absolute Gasteiger partial charge is 0.353 e. The van der Waals surface area contributed by atoms with Crippen molar-refractivity contribution in [1.82, 2.24) is 4.98 Å². The average Bonchev–Trinajstić information content (AvgIpc) is 3.14. The van der Waals surface area contributed by atoms with Gasteiger partial charge in [0.05, 0.1) is 17.0 Å². The zero-order valence-corrected chi connectivity index (χ0v) is 20.2. The van der Waals surface area contributed by atoms with E-state index in [2.05, 4.69) is 24.1 Å². The fraction of sp³-hybridized carbons (Fsp3) is 0.208. The molecule has 33 heavy (non-hydrogen) atoms. The Morgan fingerprint density at radius 2 is 1.94 bits per heavy atom. The minimum atomic E-state index is -1.26. The molecule has 6 nitrogen and oxygen atoms in total. The summed E-state index contributed by atoms with van der Waals surface area (Å²) in [5.41, 5.74) is 1.76. The Morgan fingerprint density at radius 1 is 1.24 bits per heavy atom. The van der Waals surface area contributed by atoms with Crippen molar-refractivity contribution in [3.63, 3.8) is 0 Å². The minimum Gasteiger partial charge on any atom is -0.497 e. The standard InChI is InChI=1S/C24H24FN3O3S2/c1-13(2)32-23-20(15-8-10-18(31-4)11-9-15)27-24(33-23)28-21(22(29)30)19(14(3)26)16-6-5-7-17(25)12-16/h5-13,26H,1-4H3,(H,27,28)(H,29,30)/b21-19+,26-14?. The van der Waals surface area contributed by atoms with Gasteiger partial charge >= 0.3 is 5.97 Å². The van der Waals surface area contributed by atoms with Crippen LogP contribution in [0.4, 0.5) is 9.52 Å². The molecule has 0 aliphatic heterocycles. The van der Waals surface area contributed by atoms with E-state index in [0.29, 0.717) is 10.7 Å². The van der Waals surface area contributed by atoms with Crippen LogP contribution in [0.3, 0.4) is 0 Å². The van der Waals surface area contributed by atoms with Crippen molar-refractivity contribution in [3.8, 4) is 17.0 Å². The summed E-state index contributed by atoms with van der Waals surface area (Å²) < 4.78 is 20.0. The number of benzene rings is 2. The molecule has 172 valence electrons. The summed E-state index contributed by atoms with van der Waals surface area (Å²) in [6.45, 7) is 5.60. The fourth-order valence-electron chi connectivity index (χ4n) is 3.11. The lowest BCUT2D eigenvalue weighted by atomic mass is 9.99. The van der Waals surface area contributed by atoms with Gasteiger partial charge in [0.25, 0.3) is 0 Å². The molecule has 2 aromatic carbocycles. The number of carboxylic acids is 1. The highest BCUT2D eigenvalue weighted by Crippen LogP contribution is 2.41. The number of allylic oxidation sites excluding steroid dienone is 1. The molecule has 1 heterocycles. The number of hydrogen-bond acceptors (Lipinski definition) is 7. The number of nitrogens with zero attached hydrogens (tertiary/aromatic N) is 1. The maximum absolute atomic E-state index is 13.8. The predicted molar refractivity (Wildman–Crippen MR) is 133 cm³/mol. The summed E-state index contributed by atoms with van der Waals surface area (Å²) in [7, 11) is 1.60. The Morgan fingerprint density at radius 3 is 2.48 bits per heavy atom. The third kappa shape index (κ3) is 6.00. The molecule has 1 aromatic heterocycles. The lowest BCUT2D eigenvalue weighted by Crippen LogP contribution is -2.16. The normalized spacial score (nSPS) is 11.8. The number of anilines is 1. The highest BCUT2D eigenvalue weighted by Gasteiger charge is 2.22. The number of thioether (sulfide) groups is 1. The van der Waals surface area contributed by atoms with Crippen molar-refractivity contribution in [2.75, 3.05) is 12.4 Å². The van der Waals surface area contributed by atoms with Crippen molar-refractivity contribution < 1.29 is 19.0 Å². The zero-order valence-electron chi connectivity index (χ0n) is 18.6. The number of methoxy groups -OCH3 is 1. The number of aliphatic carboxylic acids is 1. The summed E-state index contributed by atoms with van der Waals surface area (Å²) in [5.74, 6) is -1.05. The molecule has 0 atom stereocenters. The Labute approximate surface area is 200 Å². The van der Waals surface area contributed by atoms with Crippen LogP contribution < -0.4 is 10.1 Å². The first-order valence-corrected chi connectivity index (χ1v) is 11.8. The molecule has 9 heteroatoms. The van der Waals surface area contributed by atoms with E-state index in [1.54, 1.807) is 24.9 Å². The van der Waals surface area contributed by atoms with Crippen LogP contribution in [0.5, 0.6) is 5.75 Å². The average molecular weight is 486 g/mol. The highest BCUT2D eigenvalue weighted by molar-refractivity contribution is 8.01. The predicted octanol–water partition coefficient (Wildman–Crippen LogP) is 6.41. The highest BCUT2D eigenvalue weighted by atomic mass is 32.2. The second kappa shape index (κ2) is 10.6. The van der Waals surface area contributed by atoms with Gasteiger partial charge in [-0.25, -0.2) is 14.2 Å². The molecule has 0 fully saturated rings. The number of carbonyl (C=O) groups is 1. The molecule has 3 rings (SSSR count). The summed E-state index contributed by atoms with van der Waals surface area (Å²) >= 11 is 2.96. The van der Waals surface area contributed by atoms with Gasteiger partial charge < -0.3 is 20.6 Å². The molecule has 0 saturated carbocycles. The largest absolute Gasteiger partial charge is 0.497 e. The summed E-state index contributed by atoms with van der Waals surface area (Å²) in [6.07, 6.45) is 0. The molecular weight excluding hydrogens is 461 g/mol. The van der Waals surface area contributed by atoms with Gasteiger partial charge in [-0.1, -0.05) is 37.3 Å². The maximum atomic E-state index is 13.8. The Hall–Kier alpha value is -3.17. The van der Waals surface area contributed by atoms with E-state index in [9.17, 15) is 14.3 Å². The maximum Gasteiger partial charge on any atom is 0.353 e. The van der Waals surface area contributed by atoms with Crippen molar-refractivity contribution in [2.24, 2.45) is 0 Å². The Balaban J connectivity index is 2.10. The van der Waals surface area contributed by atoms with E-state index in [-0.39, 0.29) is 22.2 Å². The third-order valence-electron chi connectivity index (χ3n) is 4.49. The lowest BCUT2D eigenvalue weighted by Gasteiger charge is -2.12. The topological polar surface area (TPSA) is 95.3 Å². The van der Waals surface area contributed by atoms with Crippen LogP contribution in [0.2, 0.25) is 0 Å². The van der Waals surface area contributed by atoms with Crippen LogP contribution >= 0.6 is 23.1 Å². The molecule has 0 aliphatic rings. The van der Waals surface area contributed by atoms with Gasteiger partial charge in [-0.05, 0) is 48.9 Å². The third-order valence-corrected chi connectivity index (χ3v) is 6.67. The van der Waals surface area contributed by atoms with E-state index in [0.717, 1.165) is 21.2 Å². The Bertz CT molecular complexity index is 1200. The van der Waals surface area contributed by atoms with Gasteiger partial charge in [-0.3, -0.25) is 0 Å². The van der Waals surface area contributed by atoms with Crippen LogP contribution in [-0.4, -0.2) is 34.1 Å². The number of thiazole rings is 1. The summed E-state index contributed by atoms with van der Waals surface area (Å²) in [4.78, 5) is 16.8. The van der Waals surface area contributed by atoms with Crippen LogP contribution in [0.15, 0.2) is 58.4 Å². The molecule has 0 radical (unpaired) electrons. The number of rotatable bonds is 9. The van der Waals surface area contributed by atoms with E-state index in [4.69, 9.17) is 10.1 Å². The lowest BCUT2D eigenvalue weighted by molar-refractivity contribution is -0.132. The van der Waals surface area contributed by atoms with Gasteiger partial charge in [-0.15, -0.1) is 11.8 Å². The van der Waals surface area contributed by atoms with Gasteiger partial charge in [-0.2, -0.15) is 0 Å². The molecule has 0 bridgehead atoms. The number of nitrogens with one attached hydrogen (secondary N) is 2. The second-order valence-electron chi connectivity index (χ2n) is 7.37. The molecule has 0 unspecified atom stereocenters.